The molecule has 1 saturated heterocycles. The Morgan fingerprint density at radius 2 is 1.36 bits per heavy atom. The second kappa shape index (κ2) is 6.74. The van der Waals surface area contributed by atoms with Gasteiger partial charge in [0.1, 0.15) is 0 Å². The van der Waals surface area contributed by atoms with Crippen LogP contribution in [0.5, 0.6) is 0 Å². The first-order valence-electron chi connectivity index (χ1n) is 8.96. The van der Waals surface area contributed by atoms with Crippen LogP contribution in [0.1, 0.15) is 65.5 Å². The van der Waals surface area contributed by atoms with Gasteiger partial charge in [-0.05, 0) is 82.0 Å². The van der Waals surface area contributed by atoms with Gasteiger partial charge in [0.05, 0.1) is 0 Å². The molecule has 22 heavy (non-hydrogen) atoms. The van der Waals surface area contributed by atoms with Gasteiger partial charge in [-0.1, -0.05) is 45.0 Å². The summed E-state index contributed by atoms with van der Waals surface area (Å²) in [7, 11) is 0. The summed E-state index contributed by atoms with van der Waals surface area (Å²) >= 11 is 0. The molecular formula is C21H35N. The first-order chi connectivity index (χ1) is 10.1. The number of piperidine rings is 1. The van der Waals surface area contributed by atoms with E-state index < -0.39 is 0 Å². The molecule has 0 atom stereocenters. The summed E-state index contributed by atoms with van der Waals surface area (Å²) in [5.41, 5.74) is 3.70. The highest BCUT2D eigenvalue weighted by Gasteiger charge is 2.26. The van der Waals surface area contributed by atoms with Crippen LogP contribution in [0, 0.1) is 11.3 Å². The molecule has 0 unspecified atom stereocenters. The predicted molar refractivity (Wildman–Crippen MR) is 97.4 cm³/mol. The average Bonchev–Trinajstić information content (AvgIpc) is 2.39. The Balaban J connectivity index is 1.85. The van der Waals surface area contributed by atoms with E-state index in [4.69, 9.17) is 0 Å². The fraction of sp³-hybridized carbons (Fsp3) is 0.714. The number of likely N-dealkylation sites (tertiary alicyclic amines) is 1. The number of hydrogen-bond acceptors (Lipinski definition) is 1. The standard InChI is InChI=1S/C21H35N/c1-20(2,3)16-19-9-7-17(8-10-19)15-18-11-13-22(14-12-18)21(4,5)6/h7-10,18H,11-16H2,1-6H3. The van der Waals surface area contributed by atoms with Gasteiger partial charge in [-0.2, -0.15) is 0 Å². The average molecular weight is 302 g/mol. The summed E-state index contributed by atoms with van der Waals surface area (Å²) in [6, 6.07) is 9.39. The molecule has 0 amide bonds. The molecule has 1 heteroatoms. The fourth-order valence-electron chi connectivity index (χ4n) is 3.55. The van der Waals surface area contributed by atoms with Crippen LogP contribution in [0.4, 0.5) is 0 Å². The second-order valence-corrected chi connectivity index (χ2v) is 9.36. The third-order valence-corrected chi connectivity index (χ3v) is 4.85. The Hall–Kier alpha value is -0.820. The minimum atomic E-state index is 0.333. The van der Waals surface area contributed by atoms with Crippen molar-refractivity contribution in [1.82, 2.24) is 4.90 Å². The van der Waals surface area contributed by atoms with Crippen LogP contribution in [-0.2, 0) is 12.8 Å². The number of benzene rings is 1. The Labute approximate surface area is 138 Å². The number of hydrogen-bond donors (Lipinski definition) is 0. The van der Waals surface area contributed by atoms with Crippen molar-refractivity contribution >= 4 is 0 Å². The largest absolute Gasteiger partial charge is 0.298 e. The van der Waals surface area contributed by atoms with E-state index in [1.165, 1.54) is 43.5 Å². The van der Waals surface area contributed by atoms with Crippen LogP contribution in [-0.4, -0.2) is 23.5 Å². The summed E-state index contributed by atoms with van der Waals surface area (Å²) in [5, 5.41) is 0. The van der Waals surface area contributed by atoms with Crippen molar-refractivity contribution in [3.05, 3.63) is 35.4 Å². The van der Waals surface area contributed by atoms with Gasteiger partial charge in [0.2, 0.25) is 0 Å². The molecule has 0 spiro atoms. The molecule has 1 aliphatic heterocycles. The van der Waals surface area contributed by atoms with Gasteiger partial charge in [-0.15, -0.1) is 0 Å². The van der Waals surface area contributed by atoms with Crippen molar-refractivity contribution in [2.45, 2.75) is 72.8 Å². The Morgan fingerprint density at radius 3 is 1.82 bits per heavy atom. The van der Waals surface area contributed by atoms with Gasteiger partial charge in [0.25, 0.3) is 0 Å². The highest BCUT2D eigenvalue weighted by Crippen LogP contribution is 2.27. The van der Waals surface area contributed by atoms with E-state index in [0.717, 1.165) is 12.3 Å². The van der Waals surface area contributed by atoms with Gasteiger partial charge >= 0.3 is 0 Å². The smallest absolute Gasteiger partial charge is 0.0125 e. The SMILES string of the molecule is CC(C)(C)Cc1ccc(CC2CCN(C(C)(C)C)CC2)cc1. The monoisotopic (exact) mass is 301 g/mol. The molecule has 0 aliphatic carbocycles. The molecule has 0 aromatic heterocycles. The molecule has 0 radical (unpaired) electrons. The highest BCUT2D eigenvalue weighted by molar-refractivity contribution is 5.23. The van der Waals surface area contributed by atoms with E-state index in [9.17, 15) is 0 Å². The normalized spacial score (nSPS) is 18.6. The quantitative estimate of drug-likeness (QED) is 0.729. The van der Waals surface area contributed by atoms with Crippen LogP contribution >= 0.6 is 0 Å². The van der Waals surface area contributed by atoms with Crippen molar-refractivity contribution in [2.75, 3.05) is 13.1 Å². The van der Waals surface area contributed by atoms with Gasteiger partial charge in [0, 0.05) is 5.54 Å². The van der Waals surface area contributed by atoms with Crippen molar-refractivity contribution in [2.24, 2.45) is 11.3 Å². The van der Waals surface area contributed by atoms with E-state index in [1.54, 1.807) is 0 Å². The van der Waals surface area contributed by atoms with Crippen molar-refractivity contribution in [3.63, 3.8) is 0 Å². The molecular weight excluding hydrogens is 266 g/mol. The minimum Gasteiger partial charge on any atom is -0.298 e. The topological polar surface area (TPSA) is 3.24 Å². The maximum absolute atomic E-state index is 2.63. The van der Waals surface area contributed by atoms with E-state index in [-0.39, 0.29) is 0 Å². The molecule has 2 rings (SSSR count). The molecule has 0 bridgehead atoms. The third kappa shape index (κ3) is 5.43. The maximum atomic E-state index is 2.63. The molecule has 0 N–H and O–H groups in total. The summed E-state index contributed by atoms with van der Waals surface area (Å²) in [5.74, 6) is 0.868. The third-order valence-electron chi connectivity index (χ3n) is 4.85. The molecule has 1 nitrogen and oxygen atoms in total. The Bertz CT molecular complexity index is 450. The summed E-state index contributed by atoms with van der Waals surface area (Å²) in [6.07, 6.45) is 5.12. The molecule has 1 aromatic carbocycles. The lowest BCUT2D eigenvalue weighted by atomic mass is 9.86. The summed E-state index contributed by atoms with van der Waals surface area (Å²) in [4.78, 5) is 2.63. The number of rotatable bonds is 3. The van der Waals surface area contributed by atoms with E-state index in [0.29, 0.717) is 11.0 Å². The van der Waals surface area contributed by atoms with Crippen LogP contribution in [0.25, 0.3) is 0 Å². The Morgan fingerprint density at radius 1 is 0.864 bits per heavy atom. The molecule has 0 saturated carbocycles. The fourth-order valence-corrected chi connectivity index (χ4v) is 3.55. The van der Waals surface area contributed by atoms with Crippen LogP contribution < -0.4 is 0 Å². The van der Waals surface area contributed by atoms with Gasteiger partial charge in [-0.3, -0.25) is 4.90 Å². The van der Waals surface area contributed by atoms with Gasteiger partial charge < -0.3 is 0 Å². The lowest BCUT2D eigenvalue weighted by molar-refractivity contribution is 0.0876. The van der Waals surface area contributed by atoms with Crippen LogP contribution in [0.15, 0.2) is 24.3 Å². The molecule has 1 heterocycles. The zero-order chi connectivity index (χ0) is 16.4. The lowest BCUT2D eigenvalue weighted by Gasteiger charge is -2.41. The summed E-state index contributed by atoms with van der Waals surface area (Å²) in [6.45, 7) is 16.5. The highest BCUT2D eigenvalue weighted by atomic mass is 15.2. The summed E-state index contributed by atoms with van der Waals surface area (Å²) < 4.78 is 0. The van der Waals surface area contributed by atoms with E-state index in [2.05, 4.69) is 70.7 Å². The first-order valence-corrected chi connectivity index (χ1v) is 8.96. The van der Waals surface area contributed by atoms with Crippen molar-refractivity contribution < 1.29 is 0 Å². The minimum absolute atomic E-state index is 0.333. The zero-order valence-electron chi connectivity index (χ0n) is 15.6. The van der Waals surface area contributed by atoms with Crippen molar-refractivity contribution in [1.29, 1.82) is 0 Å². The van der Waals surface area contributed by atoms with Gasteiger partial charge in [-0.25, -0.2) is 0 Å². The van der Waals surface area contributed by atoms with Crippen LogP contribution in [0.2, 0.25) is 0 Å². The number of nitrogens with zero attached hydrogens (tertiary/aromatic N) is 1. The first kappa shape index (κ1) is 17.5. The molecule has 124 valence electrons. The van der Waals surface area contributed by atoms with E-state index >= 15 is 0 Å². The maximum Gasteiger partial charge on any atom is 0.0125 e. The molecule has 1 aliphatic rings. The second-order valence-electron chi connectivity index (χ2n) is 9.36. The molecule has 1 fully saturated rings. The zero-order valence-corrected chi connectivity index (χ0v) is 15.6. The van der Waals surface area contributed by atoms with Gasteiger partial charge in [0.15, 0.2) is 0 Å². The van der Waals surface area contributed by atoms with Crippen molar-refractivity contribution in [3.8, 4) is 0 Å². The molecule has 1 aromatic rings. The predicted octanol–water partition coefficient (Wildman–Crippen LogP) is 5.33. The lowest BCUT2D eigenvalue weighted by Crippen LogP contribution is -2.46. The van der Waals surface area contributed by atoms with E-state index in [1.807, 2.05) is 0 Å². The van der Waals surface area contributed by atoms with Crippen LogP contribution in [0.3, 0.4) is 0 Å². The Kier molecular flexibility index (Phi) is 5.37.